The van der Waals surface area contributed by atoms with Crippen LogP contribution in [0.5, 0.6) is 5.75 Å². The minimum absolute atomic E-state index is 0.215. The van der Waals surface area contributed by atoms with E-state index >= 15 is 0 Å². The molecule has 0 bridgehead atoms. The Morgan fingerprint density at radius 1 is 1.37 bits per heavy atom. The van der Waals surface area contributed by atoms with Gasteiger partial charge in [-0.3, -0.25) is 0 Å². The molecule has 1 aromatic rings. The van der Waals surface area contributed by atoms with Gasteiger partial charge in [0.05, 0.1) is 13.4 Å². The van der Waals surface area contributed by atoms with Crippen molar-refractivity contribution in [2.45, 2.75) is 13.0 Å². The van der Waals surface area contributed by atoms with Gasteiger partial charge < -0.3 is 10.1 Å². The fourth-order valence-corrected chi connectivity index (χ4v) is 2.09. The minimum Gasteiger partial charge on any atom is -0.497 e. The Kier molecular flexibility index (Phi) is 5.71. The highest BCUT2D eigenvalue weighted by Gasteiger charge is 2.11. The zero-order valence-corrected chi connectivity index (χ0v) is 12.1. The molecule has 1 unspecified atom stereocenters. The number of methoxy groups -OCH3 is 1. The Labute approximate surface area is 113 Å². The lowest BCUT2D eigenvalue weighted by atomic mass is 10.1. The van der Waals surface area contributed by atoms with Crippen molar-refractivity contribution in [1.82, 2.24) is 10.0 Å². The summed E-state index contributed by atoms with van der Waals surface area (Å²) in [5, 5.41) is 3.04. The van der Waals surface area contributed by atoms with Crippen LogP contribution in [0.4, 0.5) is 4.39 Å². The van der Waals surface area contributed by atoms with Crippen LogP contribution in [0.3, 0.4) is 0 Å². The van der Waals surface area contributed by atoms with Crippen molar-refractivity contribution in [1.29, 1.82) is 0 Å². The molecule has 19 heavy (non-hydrogen) atoms. The molecule has 0 aliphatic carbocycles. The summed E-state index contributed by atoms with van der Waals surface area (Å²) in [4.78, 5) is 0. The molecule has 0 saturated carbocycles. The number of nitrogens with one attached hydrogen (secondary N) is 2. The van der Waals surface area contributed by atoms with Gasteiger partial charge >= 0.3 is 0 Å². The summed E-state index contributed by atoms with van der Waals surface area (Å²) in [5.74, 6) is 0.114. The van der Waals surface area contributed by atoms with E-state index in [4.69, 9.17) is 4.74 Å². The summed E-state index contributed by atoms with van der Waals surface area (Å²) in [5.41, 5.74) is 0.514. The average molecular weight is 290 g/mol. The van der Waals surface area contributed by atoms with E-state index in [1.807, 2.05) is 6.92 Å². The Balaban J connectivity index is 2.52. The Morgan fingerprint density at radius 3 is 2.58 bits per heavy atom. The van der Waals surface area contributed by atoms with E-state index in [1.165, 1.54) is 13.2 Å². The van der Waals surface area contributed by atoms with Crippen LogP contribution in [-0.4, -0.2) is 34.9 Å². The van der Waals surface area contributed by atoms with Crippen molar-refractivity contribution in [2.24, 2.45) is 0 Å². The maximum Gasteiger partial charge on any atom is 0.208 e. The Morgan fingerprint density at radius 2 is 2.05 bits per heavy atom. The lowest BCUT2D eigenvalue weighted by Gasteiger charge is -2.15. The van der Waals surface area contributed by atoms with E-state index in [1.54, 1.807) is 12.1 Å². The summed E-state index contributed by atoms with van der Waals surface area (Å²) in [6, 6.07) is 4.44. The fourth-order valence-electron chi connectivity index (χ4n) is 1.62. The van der Waals surface area contributed by atoms with E-state index in [2.05, 4.69) is 10.0 Å². The lowest BCUT2D eigenvalue weighted by Crippen LogP contribution is -2.32. The first-order chi connectivity index (χ1) is 8.83. The highest BCUT2D eigenvalue weighted by atomic mass is 32.2. The van der Waals surface area contributed by atoms with E-state index in [0.29, 0.717) is 17.9 Å². The van der Waals surface area contributed by atoms with Gasteiger partial charge in [0, 0.05) is 30.8 Å². The van der Waals surface area contributed by atoms with Gasteiger partial charge in [-0.2, -0.15) is 0 Å². The van der Waals surface area contributed by atoms with Crippen LogP contribution >= 0.6 is 0 Å². The molecule has 7 heteroatoms. The first-order valence-corrected chi connectivity index (χ1v) is 7.74. The average Bonchev–Trinajstić information content (AvgIpc) is 2.33. The number of halogens is 1. The molecule has 1 rings (SSSR count). The first kappa shape index (κ1) is 15.9. The molecule has 0 heterocycles. The molecule has 0 spiro atoms. The van der Waals surface area contributed by atoms with Crippen molar-refractivity contribution in [3.63, 3.8) is 0 Å². The molecule has 2 N–H and O–H groups in total. The smallest absolute Gasteiger partial charge is 0.208 e. The summed E-state index contributed by atoms with van der Waals surface area (Å²) in [7, 11) is -1.71. The third-order valence-electron chi connectivity index (χ3n) is 2.61. The van der Waals surface area contributed by atoms with E-state index in [9.17, 15) is 12.8 Å². The largest absolute Gasteiger partial charge is 0.497 e. The molecule has 0 fully saturated rings. The molecule has 0 aliphatic rings. The molecule has 1 aromatic carbocycles. The maximum atomic E-state index is 13.8. The maximum absolute atomic E-state index is 13.8. The molecule has 0 amide bonds. The normalized spacial score (nSPS) is 13.3. The van der Waals surface area contributed by atoms with Gasteiger partial charge in [-0.25, -0.2) is 17.5 Å². The first-order valence-electron chi connectivity index (χ1n) is 5.85. The summed E-state index contributed by atoms with van der Waals surface area (Å²) in [6.07, 6.45) is 1.10. The number of ether oxygens (including phenoxy) is 1. The number of rotatable bonds is 7. The van der Waals surface area contributed by atoms with E-state index in [0.717, 1.165) is 6.26 Å². The predicted octanol–water partition coefficient (Wildman–Crippen LogP) is 1.03. The quantitative estimate of drug-likeness (QED) is 0.736. The lowest BCUT2D eigenvalue weighted by molar-refractivity contribution is 0.409. The third kappa shape index (κ3) is 5.54. The predicted molar refractivity (Wildman–Crippen MR) is 72.2 cm³/mol. The van der Waals surface area contributed by atoms with Crippen molar-refractivity contribution in [2.75, 3.05) is 26.5 Å². The zero-order chi connectivity index (χ0) is 14.5. The van der Waals surface area contributed by atoms with Gasteiger partial charge in [0.2, 0.25) is 10.0 Å². The van der Waals surface area contributed by atoms with Crippen molar-refractivity contribution >= 4 is 10.0 Å². The van der Waals surface area contributed by atoms with Gasteiger partial charge in [0.1, 0.15) is 11.6 Å². The summed E-state index contributed by atoms with van der Waals surface area (Å²) >= 11 is 0. The van der Waals surface area contributed by atoms with Gasteiger partial charge in [-0.1, -0.05) is 6.07 Å². The second-order valence-corrected chi connectivity index (χ2v) is 6.06. The topological polar surface area (TPSA) is 67.4 Å². The zero-order valence-electron chi connectivity index (χ0n) is 11.2. The number of sulfonamides is 1. The van der Waals surface area contributed by atoms with Gasteiger partial charge in [0.25, 0.3) is 0 Å². The second-order valence-electron chi connectivity index (χ2n) is 4.23. The fraction of sp³-hybridized carbons (Fsp3) is 0.500. The SMILES string of the molecule is COc1ccc(C(C)NCCNS(C)(=O)=O)c(F)c1. The summed E-state index contributed by atoms with van der Waals surface area (Å²) < 4.78 is 42.8. The van der Waals surface area contributed by atoms with Crippen molar-refractivity contribution in [3.8, 4) is 5.75 Å². The van der Waals surface area contributed by atoms with Crippen molar-refractivity contribution < 1.29 is 17.5 Å². The molecule has 0 saturated heterocycles. The Bertz CT molecular complexity index is 520. The minimum atomic E-state index is -3.18. The summed E-state index contributed by atoms with van der Waals surface area (Å²) in [6.45, 7) is 2.49. The number of hydrogen-bond acceptors (Lipinski definition) is 4. The molecule has 108 valence electrons. The molecular formula is C12H19FN2O3S. The van der Waals surface area contributed by atoms with Gasteiger partial charge in [0.15, 0.2) is 0 Å². The number of hydrogen-bond donors (Lipinski definition) is 2. The van der Waals surface area contributed by atoms with Crippen LogP contribution in [0, 0.1) is 5.82 Å². The van der Waals surface area contributed by atoms with Gasteiger partial charge in [-0.05, 0) is 13.0 Å². The highest BCUT2D eigenvalue weighted by Crippen LogP contribution is 2.21. The number of benzene rings is 1. The molecule has 1 atom stereocenters. The monoisotopic (exact) mass is 290 g/mol. The van der Waals surface area contributed by atoms with Crippen LogP contribution < -0.4 is 14.8 Å². The van der Waals surface area contributed by atoms with Crippen LogP contribution in [0.25, 0.3) is 0 Å². The standard InChI is InChI=1S/C12H19FN2O3S/c1-9(14-6-7-15-19(3,16)17)11-5-4-10(18-2)8-12(11)13/h4-5,8-9,14-15H,6-7H2,1-3H3. The van der Waals surface area contributed by atoms with Crippen LogP contribution in [0.1, 0.15) is 18.5 Å². The van der Waals surface area contributed by atoms with E-state index in [-0.39, 0.29) is 18.4 Å². The van der Waals surface area contributed by atoms with Crippen molar-refractivity contribution in [3.05, 3.63) is 29.6 Å². The highest BCUT2D eigenvalue weighted by molar-refractivity contribution is 7.88. The Hall–Kier alpha value is -1.18. The molecule has 0 radical (unpaired) electrons. The van der Waals surface area contributed by atoms with Crippen LogP contribution in [-0.2, 0) is 10.0 Å². The van der Waals surface area contributed by atoms with E-state index < -0.39 is 10.0 Å². The molecule has 0 aromatic heterocycles. The van der Waals surface area contributed by atoms with Gasteiger partial charge in [-0.15, -0.1) is 0 Å². The molecule has 0 aliphatic heterocycles. The molecular weight excluding hydrogens is 271 g/mol. The van der Waals surface area contributed by atoms with Crippen LogP contribution in [0.2, 0.25) is 0 Å². The molecule has 5 nitrogen and oxygen atoms in total. The third-order valence-corrected chi connectivity index (χ3v) is 3.34. The second kappa shape index (κ2) is 6.83. The van der Waals surface area contributed by atoms with Crippen LogP contribution in [0.15, 0.2) is 18.2 Å².